The van der Waals surface area contributed by atoms with Gasteiger partial charge in [0.25, 0.3) is 0 Å². The van der Waals surface area contributed by atoms with E-state index in [0.717, 1.165) is 59.2 Å². The molecule has 0 saturated carbocycles. The van der Waals surface area contributed by atoms with Crippen molar-refractivity contribution in [2.24, 2.45) is 5.92 Å². The topological polar surface area (TPSA) is 36.3 Å². The van der Waals surface area contributed by atoms with Crippen molar-refractivity contribution >= 4 is 46.0 Å². The largest absolute Gasteiger partial charge is 0.368 e. The van der Waals surface area contributed by atoms with E-state index in [0.29, 0.717) is 5.92 Å². The minimum absolute atomic E-state index is 0.587. The lowest BCUT2D eigenvalue weighted by molar-refractivity contribution is 0.195. The molecule has 5 nitrogen and oxygen atoms in total. The predicted molar refractivity (Wildman–Crippen MR) is 110 cm³/mol. The molecule has 1 aliphatic heterocycles. The third kappa shape index (κ3) is 4.94. The van der Waals surface area contributed by atoms with Gasteiger partial charge in [-0.2, -0.15) is 0 Å². The first-order valence-electron chi connectivity index (χ1n) is 8.56. The van der Waals surface area contributed by atoms with Gasteiger partial charge in [0, 0.05) is 32.7 Å². The highest BCUT2D eigenvalue weighted by Crippen LogP contribution is 2.26. The van der Waals surface area contributed by atoms with Crippen LogP contribution >= 0.6 is 35.2 Å². The van der Waals surface area contributed by atoms with E-state index < -0.39 is 0 Å². The molecule has 1 N–H and O–H groups in total. The summed E-state index contributed by atoms with van der Waals surface area (Å²) in [6.45, 7) is 9.88. The molecule has 1 saturated heterocycles. The van der Waals surface area contributed by atoms with Crippen LogP contribution in [0.2, 0.25) is 5.02 Å². The van der Waals surface area contributed by atoms with Gasteiger partial charge in [-0.1, -0.05) is 48.9 Å². The zero-order valence-electron chi connectivity index (χ0n) is 14.6. The van der Waals surface area contributed by atoms with Crippen molar-refractivity contribution in [3.63, 3.8) is 0 Å². The number of para-hydroxylation sites is 1. The fraction of sp³-hybridized carbons (Fsp3) is 0.529. The second-order valence-electron chi connectivity index (χ2n) is 6.65. The zero-order chi connectivity index (χ0) is 17.8. The molecule has 25 heavy (non-hydrogen) atoms. The van der Waals surface area contributed by atoms with Crippen molar-refractivity contribution in [1.29, 1.82) is 0 Å². The average molecular weight is 398 g/mol. The number of benzene rings is 1. The lowest BCUT2D eigenvalue weighted by Crippen LogP contribution is -2.47. The van der Waals surface area contributed by atoms with E-state index in [1.165, 1.54) is 0 Å². The molecule has 0 spiro atoms. The Morgan fingerprint density at radius 2 is 1.96 bits per heavy atom. The van der Waals surface area contributed by atoms with Gasteiger partial charge in [0.1, 0.15) is 0 Å². The van der Waals surface area contributed by atoms with E-state index in [9.17, 15) is 0 Å². The quantitative estimate of drug-likeness (QED) is 0.740. The van der Waals surface area contributed by atoms with Crippen LogP contribution in [0.4, 0.5) is 10.8 Å². The van der Waals surface area contributed by atoms with Crippen LogP contribution in [0.5, 0.6) is 0 Å². The number of nitrogens with zero attached hydrogens (tertiary/aromatic N) is 4. The van der Waals surface area contributed by atoms with Gasteiger partial charge in [-0.05, 0) is 30.3 Å². The van der Waals surface area contributed by atoms with Crippen molar-refractivity contribution in [1.82, 2.24) is 14.7 Å². The maximum Gasteiger partial charge on any atom is 0.204 e. The van der Waals surface area contributed by atoms with E-state index in [1.807, 2.05) is 22.9 Å². The van der Waals surface area contributed by atoms with Crippen LogP contribution < -0.4 is 10.2 Å². The maximum absolute atomic E-state index is 6.31. The summed E-state index contributed by atoms with van der Waals surface area (Å²) in [4.78, 5) is 4.73. The Bertz CT molecular complexity index is 749. The number of hydrogen-bond acceptors (Lipinski definition) is 6. The Hall–Kier alpha value is -1.15. The molecular formula is C17H24ClN5S2. The van der Waals surface area contributed by atoms with Crippen LogP contribution in [0.3, 0.4) is 0 Å². The fourth-order valence-electron chi connectivity index (χ4n) is 2.79. The third-order valence-corrected chi connectivity index (χ3v) is 5.75. The molecule has 136 valence electrons. The number of aromatic nitrogens is 2. The first-order valence-corrected chi connectivity index (χ1v) is 10.2. The molecule has 1 fully saturated rings. The number of hydrogen-bond donors (Lipinski definition) is 1. The first-order chi connectivity index (χ1) is 12.0. The van der Waals surface area contributed by atoms with Crippen LogP contribution in [0, 0.1) is 9.87 Å². The van der Waals surface area contributed by atoms with E-state index in [-0.39, 0.29) is 0 Å². The molecule has 1 aromatic carbocycles. The average Bonchev–Trinajstić information content (AvgIpc) is 2.94. The van der Waals surface area contributed by atoms with E-state index in [2.05, 4.69) is 40.1 Å². The Balaban J connectivity index is 1.56. The summed E-state index contributed by atoms with van der Waals surface area (Å²) in [7, 11) is 0. The normalized spacial score (nSPS) is 15.8. The summed E-state index contributed by atoms with van der Waals surface area (Å²) in [6, 6.07) is 8.04. The van der Waals surface area contributed by atoms with Crippen molar-refractivity contribution < 1.29 is 0 Å². The standard InChI is InChI=1S/C17H24ClN5S2/c1-13(2)11-19-16-20-23(17(24)25-16)12-21-7-9-22(10-8-21)15-6-4-3-5-14(15)18/h3-6,13H,7-12H2,1-2H3,(H,19,20). The maximum atomic E-state index is 6.31. The van der Waals surface area contributed by atoms with Crippen LogP contribution in [-0.2, 0) is 6.67 Å². The summed E-state index contributed by atoms with van der Waals surface area (Å²) in [5.74, 6) is 0.587. The van der Waals surface area contributed by atoms with E-state index in [4.69, 9.17) is 23.8 Å². The summed E-state index contributed by atoms with van der Waals surface area (Å²) in [5, 5.41) is 9.70. The van der Waals surface area contributed by atoms with Gasteiger partial charge in [0.2, 0.25) is 5.13 Å². The van der Waals surface area contributed by atoms with Crippen LogP contribution in [-0.4, -0.2) is 47.4 Å². The number of piperazine rings is 1. The Kier molecular flexibility index (Phi) is 6.33. The van der Waals surface area contributed by atoms with Gasteiger partial charge in [0.05, 0.1) is 17.4 Å². The molecule has 0 atom stereocenters. The van der Waals surface area contributed by atoms with Gasteiger partial charge in [-0.15, -0.1) is 5.10 Å². The van der Waals surface area contributed by atoms with Gasteiger partial charge < -0.3 is 10.2 Å². The van der Waals surface area contributed by atoms with Crippen LogP contribution in [0.1, 0.15) is 13.8 Å². The molecule has 2 aromatic rings. The highest BCUT2D eigenvalue weighted by Gasteiger charge is 2.19. The molecule has 0 bridgehead atoms. The SMILES string of the molecule is CC(C)CNc1nn(CN2CCN(c3ccccc3Cl)CC2)c(=S)s1. The molecule has 0 radical (unpaired) electrons. The molecule has 2 heterocycles. The summed E-state index contributed by atoms with van der Waals surface area (Å²) in [5.41, 5.74) is 1.12. The van der Waals surface area contributed by atoms with E-state index >= 15 is 0 Å². The van der Waals surface area contributed by atoms with Gasteiger partial charge >= 0.3 is 0 Å². The monoisotopic (exact) mass is 397 g/mol. The zero-order valence-corrected chi connectivity index (χ0v) is 17.0. The molecule has 1 aromatic heterocycles. The Labute approximate surface area is 163 Å². The van der Waals surface area contributed by atoms with Crippen LogP contribution in [0.25, 0.3) is 0 Å². The smallest absolute Gasteiger partial charge is 0.204 e. The third-order valence-electron chi connectivity index (χ3n) is 4.17. The minimum Gasteiger partial charge on any atom is -0.368 e. The minimum atomic E-state index is 0.587. The number of halogens is 1. The highest BCUT2D eigenvalue weighted by atomic mass is 35.5. The van der Waals surface area contributed by atoms with Crippen molar-refractivity contribution in [2.75, 3.05) is 42.9 Å². The summed E-state index contributed by atoms with van der Waals surface area (Å²) < 4.78 is 2.74. The molecule has 8 heteroatoms. The Morgan fingerprint density at radius 3 is 2.64 bits per heavy atom. The molecule has 3 rings (SSSR count). The molecule has 0 aliphatic carbocycles. The fourth-order valence-corrected chi connectivity index (χ4v) is 4.04. The lowest BCUT2D eigenvalue weighted by Gasteiger charge is -2.36. The van der Waals surface area contributed by atoms with E-state index in [1.54, 1.807) is 11.3 Å². The van der Waals surface area contributed by atoms with Crippen molar-refractivity contribution in [3.05, 3.63) is 33.2 Å². The highest BCUT2D eigenvalue weighted by molar-refractivity contribution is 7.73. The van der Waals surface area contributed by atoms with Gasteiger partial charge in [-0.25, -0.2) is 4.68 Å². The van der Waals surface area contributed by atoms with Gasteiger partial charge in [0.15, 0.2) is 3.95 Å². The van der Waals surface area contributed by atoms with Crippen molar-refractivity contribution in [3.8, 4) is 0 Å². The first kappa shape index (κ1) is 18.6. The number of nitrogens with one attached hydrogen (secondary N) is 1. The second-order valence-corrected chi connectivity index (χ2v) is 8.68. The molecule has 0 amide bonds. The van der Waals surface area contributed by atoms with Gasteiger partial charge in [-0.3, -0.25) is 4.90 Å². The van der Waals surface area contributed by atoms with Crippen molar-refractivity contribution in [2.45, 2.75) is 20.5 Å². The molecular weight excluding hydrogens is 374 g/mol. The number of anilines is 2. The number of rotatable bonds is 6. The Morgan fingerprint density at radius 1 is 1.24 bits per heavy atom. The second kappa shape index (κ2) is 8.49. The molecule has 1 aliphatic rings. The summed E-state index contributed by atoms with van der Waals surface area (Å²) in [6.07, 6.45) is 0. The molecule has 0 unspecified atom stereocenters. The van der Waals surface area contributed by atoms with Crippen LogP contribution in [0.15, 0.2) is 24.3 Å². The lowest BCUT2D eigenvalue weighted by atomic mass is 10.2. The summed E-state index contributed by atoms with van der Waals surface area (Å²) >= 11 is 13.3. The predicted octanol–water partition coefficient (Wildman–Crippen LogP) is 4.18.